The van der Waals surface area contributed by atoms with Crippen molar-refractivity contribution in [1.82, 2.24) is 10.3 Å². The van der Waals surface area contributed by atoms with E-state index in [0.29, 0.717) is 22.8 Å². The summed E-state index contributed by atoms with van der Waals surface area (Å²) in [4.78, 5) is 16.0. The van der Waals surface area contributed by atoms with E-state index in [0.717, 1.165) is 12.8 Å². The number of ether oxygens (including phenoxy) is 3. The molecule has 2 atom stereocenters. The van der Waals surface area contributed by atoms with Gasteiger partial charge in [0.05, 0.1) is 0 Å². The molecule has 2 aromatic rings. The SMILES string of the molecule is CCCC(OC)Oc1ccc(OCC(O)CN/C(C)=C/C(=O)c2cccnc2)cc1. The quantitative estimate of drug-likeness (QED) is 0.295. The summed E-state index contributed by atoms with van der Waals surface area (Å²) in [5.74, 6) is 1.18. The molecule has 0 aliphatic carbocycles. The van der Waals surface area contributed by atoms with Gasteiger partial charge in [0.2, 0.25) is 0 Å². The maximum Gasteiger partial charge on any atom is 0.199 e. The van der Waals surface area contributed by atoms with Crippen molar-refractivity contribution in [1.29, 1.82) is 0 Å². The molecule has 7 nitrogen and oxygen atoms in total. The van der Waals surface area contributed by atoms with Gasteiger partial charge in [-0.2, -0.15) is 0 Å². The van der Waals surface area contributed by atoms with Crippen LogP contribution in [0.2, 0.25) is 0 Å². The molecule has 1 aromatic carbocycles. The van der Waals surface area contributed by atoms with Gasteiger partial charge in [-0.3, -0.25) is 9.78 Å². The van der Waals surface area contributed by atoms with E-state index in [-0.39, 0.29) is 25.2 Å². The topological polar surface area (TPSA) is 89.9 Å². The van der Waals surface area contributed by atoms with Crippen molar-refractivity contribution < 1.29 is 24.1 Å². The second kappa shape index (κ2) is 12.6. The van der Waals surface area contributed by atoms with Gasteiger partial charge < -0.3 is 24.6 Å². The molecule has 0 aliphatic rings. The van der Waals surface area contributed by atoms with Gasteiger partial charge in [-0.1, -0.05) is 13.3 Å². The Balaban J connectivity index is 1.74. The molecular weight excluding hydrogens is 384 g/mol. The summed E-state index contributed by atoms with van der Waals surface area (Å²) in [6.45, 7) is 4.22. The van der Waals surface area contributed by atoms with E-state index in [1.807, 2.05) is 0 Å². The highest BCUT2D eigenvalue weighted by molar-refractivity contribution is 6.04. The van der Waals surface area contributed by atoms with Gasteiger partial charge in [-0.05, 0) is 43.3 Å². The maximum absolute atomic E-state index is 12.1. The summed E-state index contributed by atoms with van der Waals surface area (Å²) in [7, 11) is 1.62. The zero-order valence-electron chi connectivity index (χ0n) is 17.7. The number of pyridine rings is 1. The van der Waals surface area contributed by atoms with Gasteiger partial charge in [-0.15, -0.1) is 0 Å². The number of nitrogens with one attached hydrogen (secondary N) is 1. The van der Waals surface area contributed by atoms with Crippen molar-refractivity contribution in [3.63, 3.8) is 0 Å². The molecule has 162 valence electrons. The lowest BCUT2D eigenvalue weighted by Gasteiger charge is -2.17. The molecule has 0 radical (unpaired) electrons. The lowest BCUT2D eigenvalue weighted by Crippen LogP contribution is -2.30. The number of carbonyl (C=O) groups is 1. The number of rotatable bonds is 13. The zero-order valence-corrected chi connectivity index (χ0v) is 17.7. The highest BCUT2D eigenvalue weighted by atomic mass is 16.7. The molecule has 0 spiro atoms. The van der Waals surface area contributed by atoms with E-state index in [9.17, 15) is 9.90 Å². The van der Waals surface area contributed by atoms with Crippen LogP contribution in [0.4, 0.5) is 0 Å². The Bertz CT molecular complexity index is 793. The van der Waals surface area contributed by atoms with E-state index in [1.165, 1.54) is 12.3 Å². The lowest BCUT2D eigenvalue weighted by molar-refractivity contribution is -0.0584. The van der Waals surface area contributed by atoms with Gasteiger partial charge >= 0.3 is 0 Å². The number of aliphatic hydroxyl groups is 1. The van der Waals surface area contributed by atoms with Gasteiger partial charge in [-0.25, -0.2) is 0 Å². The number of allylic oxidation sites excluding steroid dienone is 2. The molecule has 7 heteroatoms. The first-order valence-corrected chi connectivity index (χ1v) is 9.98. The first-order chi connectivity index (χ1) is 14.5. The second-order valence-electron chi connectivity index (χ2n) is 6.82. The van der Waals surface area contributed by atoms with Crippen LogP contribution in [0.25, 0.3) is 0 Å². The number of nitrogens with zero attached hydrogens (tertiary/aromatic N) is 1. The van der Waals surface area contributed by atoms with Crippen molar-refractivity contribution in [2.24, 2.45) is 0 Å². The summed E-state index contributed by atoms with van der Waals surface area (Å²) < 4.78 is 16.6. The van der Waals surface area contributed by atoms with Gasteiger partial charge in [0, 0.05) is 49.8 Å². The number of ketones is 1. The molecule has 30 heavy (non-hydrogen) atoms. The lowest BCUT2D eigenvalue weighted by atomic mass is 10.1. The number of methoxy groups -OCH3 is 1. The minimum atomic E-state index is -0.736. The number of aromatic nitrogens is 1. The van der Waals surface area contributed by atoms with Crippen molar-refractivity contribution in [3.05, 3.63) is 66.1 Å². The van der Waals surface area contributed by atoms with Gasteiger partial charge in [0.25, 0.3) is 0 Å². The number of carbonyl (C=O) groups excluding carboxylic acids is 1. The zero-order chi connectivity index (χ0) is 21.8. The molecule has 2 unspecified atom stereocenters. The third kappa shape index (κ3) is 8.23. The Morgan fingerprint density at radius 3 is 2.60 bits per heavy atom. The van der Waals surface area contributed by atoms with Crippen molar-refractivity contribution >= 4 is 5.78 Å². The Morgan fingerprint density at radius 2 is 1.97 bits per heavy atom. The molecule has 1 heterocycles. The first kappa shape index (κ1) is 23.4. The highest BCUT2D eigenvalue weighted by Gasteiger charge is 2.09. The first-order valence-electron chi connectivity index (χ1n) is 9.98. The van der Waals surface area contributed by atoms with E-state index >= 15 is 0 Å². The fourth-order valence-electron chi connectivity index (χ4n) is 2.60. The molecule has 0 fully saturated rings. The maximum atomic E-state index is 12.1. The van der Waals surface area contributed by atoms with Crippen LogP contribution in [0.15, 0.2) is 60.6 Å². The Morgan fingerprint density at radius 1 is 1.23 bits per heavy atom. The minimum Gasteiger partial charge on any atom is -0.491 e. The Hall–Kier alpha value is -2.90. The van der Waals surface area contributed by atoms with Crippen LogP contribution in [-0.4, -0.2) is 48.5 Å². The van der Waals surface area contributed by atoms with Crippen LogP contribution in [0, 0.1) is 0 Å². The average molecular weight is 415 g/mol. The second-order valence-corrected chi connectivity index (χ2v) is 6.82. The largest absolute Gasteiger partial charge is 0.491 e. The average Bonchev–Trinajstić information content (AvgIpc) is 2.77. The summed E-state index contributed by atoms with van der Waals surface area (Å²) in [6.07, 6.45) is 5.40. The predicted octanol–water partition coefficient (Wildman–Crippen LogP) is 3.35. The summed E-state index contributed by atoms with van der Waals surface area (Å²) >= 11 is 0. The summed E-state index contributed by atoms with van der Waals surface area (Å²) in [6, 6.07) is 10.6. The third-order valence-corrected chi connectivity index (χ3v) is 4.23. The molecule has 0 amide bonds. The molecule has 2 N–H and O–H groups in total. The van der Waals surface area contributed by atoms with Crippen molar-refractivity contribution in [2.45, 2.75) is 39.1 Å². The summed E-state index contributed by atoms with van der Waals surface area (Å²) in [5, 5.41) is 13.1. The minimum absolute atomic E-state index is 0.119. The van der Waals surface area contributed by atoms with Crippen LogP contribution in [0.3, 0.4) is 0 Å². The monoisotopic (exact) mass is 414 g/mol. The van der Waals surface area contributed by atoms with Crippen molar-refractivity contribution in [2.75, 3.05) is 20.3 Å². The predicted molar refractivity (Wildman–Crippen MR) is 115 cm³/mol. The number of aliphatic hydroxyl groups excluding tert-OH is 1. The van der Waals surface area contributed by atoms with Crippen LogP contribution >= 0.6 is 0 Å². The third-order valence-electron chi connectivity index (χ3n) is 4.23. The molecule has 0 saturated carbocycles. The molecule has 1 aromatic heterocycles. The molecule has 0 aliphatic heterocycles. The van der Waals surface area contributed by atoms with Crippen LogP contribution < -0.4 is 14.8 Å². The molecule has 2 rings (SSSR count). The van der Waals surface area contributed by atoms with Crippen LogP contribution in [0.1, 0.15) is 37.0 Å². The fraction of sp³-hybridized carbons (Fsp3) is 0.391. The normalized spacial score (nSPS) is 13.4. The van der Waals surface area contributed by atoms with Gasteiger partial charge in [0.15, 0.2) is 12.1 Å². The molecule has 0 bridgehead atoms. The number of benzene rings is 1. The van der Waals surface area contributed by atoms with Crippen LogP contribution in [0.5, 0.6) is 11.5 Å². The fourth-order valence-corrected chi connectivity index (χ4v) is 2.60. The van der Waals surface area contributed by atoms with E-state index in [1.54, 1.807) is 56.6 Å². The van der Waals surface area contributed by atoms with E-state index in [4.69, 9.17) is 14.2 Å². The van der Waals surface area contributed by atoms with Crippen LogP contribution in [-0.2, 0) is 4.74 Å². The number of hydrogen-bond acceptors (Lipinski definition) is 7. The Kier molecular flexibility index (Phi) is 9.83. The highest BCUT2D eigenvalue weighted by Crippen LogP contribution is 2.20. The molecule has 0 saturated heterocycles. The molecular formula is C23H30N2O5. The smallest absolute Gasteiger partial charge is 0.199 e. The Labute approximate surface area is 177 Å². The number of hydrogen-bond donors (Lipinski definition) is 2. The van der Waals surface area contributed by atoms with Crippen molar-refractivity contribution in [3.8, 4) is 11.5 Å². The van der Waals surface area contributed by atoms with E-state index < -0.39 is 6.10 Å². The van der Waals surface area contributed by atoms with E-state index in [2.05, 4.69) is 17.2 Å². The standard InChI is InChI=1S/C23H30N2O5/c1-4-6-23(28-3)30-21-10-8-20(9-11-21)29-16-19(26)15-25-17(2)13-22(27)18-7-5-12-24-14-18/h5,7-14,19,23,25-26H,4,6,15-16H2,1-3H3/b17-13+. The summed E-state index contributed by atoms with van der Waals surface area (Å²) in [5.41, 5.74) is 1.17. The van der Waals surface area contributed by atoms with Gasteiger partial charge in [0.1, 0.15) is 24.2 Å².